The van der Waals surface area contributed by atoms with E-state index in [1.165, 1.54) is 0 Å². The second-order valence-corrected chi connectivity index (χ2v) is 5.55. The van der Waals surface area contributed by atoms with Crippen LogP contribution in [-0.2, 0) is 0 Å². The Kier molecular flexibility index (Phi) is 2.33. The highest BCUT2D eigenvalue weighted by atomic mass is 79.9. The van der Waals surface area contributed by atoms with E-state index in [9.17, 15) is 5.11 Å². The number of aromatic hydroxyl groups is 1. The first-order valence-electron chi connectivity index (χ1n) is 4.80. The predicted octanol–water partition coefficient (Wildman–Crippen LogP) is 4.36. The molecule has 0 aliphatic carbocycles. The number of hydrogen-bond acceptors (Lipinski definition) is 3. The summed E-state index contributed by atoms with van der Waals surface area (Å²) in [7, 11) is 0. The van der Waals surface area contributed by atoms with Gasteiger partial charge in [-0.1, -0.05) is 27.7 Å². The molecule has 2 aromatic carbocycles. The normalized spacial score (nSPS) is 12.6. The minimum Gasteiger partial charge on any atom is -0.508 e. The Hall–Kier alpha value is -1.13. The van der Waals surface area contributed by atoms with Crippen LogP contribution in [0.4, 0.5) is 11.4 Å². The Balaban J connectivity index is 2.10. The van der Waals surface area contributed by atoms with E-state index >= 15 is 0 Å². The summed E-state index contributed by atoms with van der Waals surface area (Å²) < 4.78 is 1.06. The maximum Gasteiger partial charge on any atom is 0.116 e. The summed E-state index contributed by atoms with van der Waals surface area (Å²) in [6, 6.07) is 11.5. The lowest BCUT2D eigenvalue weighted by molar-refractivity contribution is 0.474. The van der Waals surface area contributed by atoms with Gasteiger partial charge < -0.3 is 10.4 Å². The van der Waals surface area contributed by atoms with Crippen LogP contribution < -0.4 is 5.32 Å². The molecule has 16 heavy (non-hydrogen) atoms. The van der Waals surface area contributed by atoms with E-state index in [0.29, 0.717) is 5.75 Å². The van der Waals surface area contributed by atoms with Gasteiger partial charge in [0.15, 0.2) is 0 Å². The van der Waals surface area contributed by atoms with Gasteiger partial charge in [0, 0.05) is 14.3 Å². The van der Waals surface area contributed by atoms with E-state index in [1.54, 1.807) is 23.9 Å². The number of halogens is 1. The van der Waals surface area contributed by atoms with Crippen LogP contribution in [0.2, 0.25) is 0 Å². The van der Waals surface area contributed by atoms with Gasteiger partial charge in [0.2, 0.25) is 0 Å². The zero-order chi connectivity index (χ0) is 11.1. The van der Waals surface area contributed by atoms with E-state index in [1.807, 2.05) is 18.2 Å². The molecule has 2 N–H and O–H groups in total. The molecule has 0 aromatic heterocycles. The monoisotopic (exact) mass is 293 g/mol. The SMILES string of the molecule is Oc1ccc2c(c1)Sc1cc(Br)ccc1N2. The number of rotatable bonds is 0. The topological polar surface area (TPSA) is 32.3 Å². The van der Waals surface area contributed by atoms with E-state index in [-0.39, 0.29) is 0 Å². The lowest BCUT2D eigenvalue weighted by Crippen LogP contribution is -1.99. The summed E-state index contributed by atoms with van der Waals surface area (Å²) in [6.45, 7) is 0. The van der Waals surface area contributed by atoms with Crippen LogP contribution in [0.25, 0.3) is 0 Å². The second kappa shape index (κ2) is 3.71. The van der Waals surface area contributed by atoms with Crippen molar-refractivity contribution >= 4 is 39.1 Å². The number of benzene rings is 2. The molecule has 0 saturated carbocycles. The van der Waals surface area contributed by atoms with Crippen molar-refractivity contribution in [3.63, 3.8) is 0 Å². The van der Waals surface area contributed by atoms with Crippen LogP contribution >= 0.6 is 27.7 Å². The first-order chi connectivity index (χ1) is 7.72. The van der Waals surface area contributed by atoms with Crippen molar-refractivity contribution in [2.75, 3.05) is 5.32 Å². The molecule has 1 aliphatic rings. The maximum atomic E-state index is 9.44. The summed E-state index contributed by atoms with van der Waals surface area (Å²) in [5.74, 6) is 0.298. The van der Waals surface area contributed by atoms with Gasteiger partial charge in [-0.2, -0.15) is 0 Å². The third-order valence-corrected chi connectivity index (χ3v) is 4.01. The maximum absolute atomic E-state index is 9.44. The Morgan fingerprint density at radius 1 is 1.00 bits per heavy atom. The van der Waals surface area contributed by atoms with Gasteiger partial charge in [0.1, 0.15) is 5.75 Å². The van der Waals surface area contributed by atoms with Crippen LogP contribution in [0.5, 0.6) is 5.75 Å². The number of hydrogen-bond donors (Lipinski definition) is 2. The molecule has 2 aromatic rings. The molecule has 0 fully saturated rings. The fourth-order valence-corrected chi connectivity index (χ4v) is 3.22. The molecule has 0 unspecified atom stereocenters. The van der Waals surface area contributed by atoms with Gasteiger partial charge in [0.25, 0.3) is 0 Å². The largest absolute Gasteiger partial charge is 0.508 e. The van der Waals surface area contributed by atoms with Crippen LogP contribution in [0, 0.1) is 0 Å². The van der Waals surface area contributed by atoms with Gasteiger partial charge in [-0.15, -0.1) is 0 Å². The van der Waals surface area contributed by atoms with Gasteiger partial charge in [-0.25, -0.2) is 0 Å². The van der Waals surface area contributed by atoms with E-state index in [0.717, 1.165) is 25.6 Å². The standard InChI is InChI=1S/C12H8BrNOS/c13-7-1-3-9-11(5-7)16-12-6-8(15)2-4-10(12)14-9/h1-6,14-15H. The summed E-state index contributed by atoms with van der Waals surface area (Å²) in [4.78, 5) is 2.21. The fraction of sp³-hybridized carbons (Fsp3) is 0. The first-order valence-corrected chi connectivity index (χ1v) is 6.41. The molecule has 0 saturated heterocycles. The van der Waals surface area contributed by atoms with Gasteiger partial charge in [0.05, 0.1) is 11.4 Å². The molecule has 1 heterocycles. The number of phenolic OH excluding ortho intramolecular Hbond substituents is 1. The highest BCUT2D eigenvalue weighted by molar-refractivity contribution is 9.10. The molecule has 0 amide bonds. The van der Waals surface area contributed by atoms with Crippen molar-refractivity contribution in [3.05, 3.63) is 40.9 Å². The molecule has 3 rings (SSSR count). The molecule has 0 bridgehead atoms. The third-order valence-electron chi connectivity index (χ3n) is 2.40. The smallest absolute Gasteiger partial charge is 0.116 e. The zero-order valence-electron chi connectivity index (χ0n) is 8.20. The van der Waals surface area contributed by atoms with Gasteiger partial charge >= 0.3 is 0 Å². The molecule has 1 aliphatic heterocycles. The third kappa shape index (κ3) is 1.68. The predicted molar refractivity (Wildman–Crippen MR) is 69.7 cm³/mol. The average Bonchev–Trinajstić information content (AvgIpc) is 2.26. The minimum absolute atomic E-state index is 0.298. The van der Waals surface area contributed by atoms with E-state index < -0.39 is 0 Å². The number of nitrogens with one attached hydrogen (secondary N) is 1. The summed E-state index contributed by atoms with van der Waals surface area (Å²) in [5, 5.41) is 12.8. The Morgan fingerprint density at radius 2 is 1.69 bits per heavy atom. The molecule has 0 radical (unpaired) electrons. The molecule has 0 spiro atoms. The van der Waals surface area contributed by atoms with Crippen LogP contribution in [0.1, 0.15) is 0 Å². The highest BCUT2D eigenvalue weighted by Gasteiger charge is 2.15. The summed E-state index contributed by atoms with van der Waals surface area (Å²) in [6.07, 6.45) is 0. The summed E-state index contributed by atoms with van der Waals surface area (Å²) in [5.41, 5.74) is 2.14. The van der Waals surface area contributed by atoms with E-state index in [2.05, 4.69) is 27.3 Å². The number of phenols is 1. The van der Waals surface area contributed by atoms with Crippen molar-refractivity contribution in [1.29, 1.82) is 0 Å². The molecular weight excluding hydrogens is 286 g/mol. The Labute approximate surface area is 106 Å². The highest BCUT2D eigenvalue weighted by Crippen LogP contribution is 2.45. The van der Waals surface area contributed by atoms with E-state index in [4.69, 9.17) is 0 Å². The van der Waals surface area contributed by atoms with Crippen molar-refractivity contribution in [3.8, 4) is 5.75 Å². The Bertz CT molecular complexity index is 521. The van der Waals surface area contributed by atoms with Crippen LogP contribution in [0.15, 0.2) is 50.7 Å². The van der Waals surface area contributed by atoms with Crippen molar-refractivity contribution in [2.45, 2.75) is 9.79 Å². The molecule has 4 heteroatoms. The minimum atomic E-state index is 0.298. The van der Waals surface area contributed by atoms with Gasteiger partial charge in [-0.05, 0) is 36.4 Å². The quantitative estimate of drug-likeness (QED) is 0.604. The van der Waals surface area contributed by atoms with Crippen molar-refractivity contribution in [2.24, 2.45) is 0 Å². The second-order valence-electron chi connectivity index (χ2n) is 3.55. The zero-order valence-corrected chi connectivity index (χ0v) is 10.6. The first kappa shape index (κ1) is 10.1. The number of anilines is 2. The number of fused-ring (bicyclic) bond motifs is 2. The average molecular weight is 294 g/mol. The molecule has 80 valence electrons. The van der Waals surface area contributed by atoms with Crippen LogP contribution in [-0.4, -0.2) is 5.11 Å². The fourth-order valence-electron chi connectivity index (χ4n) is 1.65. The lowest BCUT2D eigenvalue weighted by atomic mass is 10.2. The Morgan fingerprint density at radius 3 is 2.50 bits per heavy atom. The van der Waals surface area contributed by atoms with Crippen molar-refractivity contribution < 1.29 is 5.11 Å². The lowest BCUT2D eigenvalue weighted by Gasteiger charge is -2.20. The molecular formula is C12H8BrNOS. The molecule has 0 atom stereocenters. The van der Waals surface area contributed by atoms with Crippen LogP contribution in [0.3, 0.4) is 0 Å². The van der Waals surface area contributed by atoms with Gasteiger partial charge in [-0.3, -0.25) is 0 Å². The summed E-state index contributed by atoms with van der Waals surface area (Å²) >= 11 is 5.11. The van der Waals surface area contributed by atoms with Crippen molar-refractivity contribution in [1.82, 2.24) is 0 Å². The molecule has 2 nitrogen and oxygen atoms in total.